The summed E-state index contributed by atoms with van der Waals surface area (Å²) in [4.78, 5) is 25.9. The first kappa shape index (κ1) is 21.7. The molecule has 1 heterocycles. The van der Waals surface area contributed by atoms with E-state index in [1.807, 2.05) is 27.7 Å². The van der Waals surface area contributed by atoms with Gasteiger partial charge in [0, 0.05) is 36.7 Å². The first-order valence-electron chi connectivity index (χ1n) is 10.2. The van der Waals surface area contributed by atoms with Gasteiger partial charge in [-0.25, -0.2) is 4.79 Å². The van der Waals surface area contributed by atoms with E-state index in [0.717, 1.165) is 35.5 Å². The standard InChI is InChI=1S/C23H31ClN2O3/c1-14-11-17-18(15(2)25-16(3)27)13-23(19(17)12-20(14)24)7-9-26(10-8-23)21(28)29-22(4,5)6/h11-12,18H,2,7-10,13H2,1,3-6H3,(H,25,27). The van der Waals surface area contributed by atoms with Crippen LogP contribution in [-0.2, 0) is 14.9 Å². The molecular formula is C23H31ClN2O3. The molecule has 0 saturated carbocycles. The van der Waals surface area contributed by atoms with Crippen LogP contribution in [0.15, 0.2) is 24.4 Å². The highest BCUT2D eigenvalue weighted by Gasteiger charge is 2.47. The molecular weight excluding hydrogens is 388 g/mol. The van der Waals surface area contributed by atoms with Gasteiger partial charge in [0.05, 0.1) is 0 Å². The molecule has 0 bridgehead atoms. The van der Waals surface area contributed by atoms with E-state index < -0.39 is 5.60 Å². The van der Waals surface area contributed by atoms with Crippen molar-refractivity contribution in [2.45, 2.75) is 70.8 Å². The number of carbonyl (C=O) groups is 2. The molecule has 3 rings (SSSR count). The Morgan fingerprint density at radius 3 is 2.45 bits per heavy atom. The number of amides is 2. The first-order valence-corrected chi connectivity index (χ1v) is 10.5. The first-order chi connectivity index (χ1) is 13.4. The Morgan fingerprint density at radius 1 is 1.28 bits per heavy atom. The minimum Gasteiger partial charge on any atom is -0.444 e. The Hall–Kier alpha value is -2.01. The van der Waals surface area contributed by atoms with Crippen molar-refractivity contribution in [1.82, 2.24) is 10.2 Å². The summed E-state index contributed by atoms with van der Waals surface area (Å²) < 4.78 is 5.54. The maximum absolute atomic E-state index is 12.5. The molecule has 1 aliphatic heterocycles. The molecule has 1 unspecified atom stereocenters. The van der Waals surface area contributed by atoms with Crippen LogP contribution >= 0.6 is 11.6 Å². The zero-order valence-corrected chi connectivity index (χ0v) is 18.8. The molecule has 1 saturated heterocycles. The number of likely N-dealkylation sites (tertiary alicyclic amines) is 1. The van der Waals surface area contributed by atoms with E-state index in [4.69, 9.17) is 16.3 Å². The van der Waals surface area contributed by atoms with E-state index >= 15 is 0 Å². The number of benzene rings is 1. The van der Waals surface area contributed by atoms with Gasteiger partial charge in [0.1, 0.15) is 5.60 Å². The van der Waals surface area contributed by atoms with Gasteiger partial charge < -0.3 is 15.0 Å². The molecule has 2 amide bonds. The third kappa shape index (κ3) is 4.45. The summed E-state index contributed by atoms with van der Waals surface area (Å²) >= 11 is 6.48. The molecule has 1 spiro atoms. The SMILES string of the molecule is C=C(NC(C)=O)C1CC2(CCN(C(=O)OC(C)(C)C)CC2)c2cc(Cl)c(C)cc21. The van der Waals surface area contributed by atoms with Crippen molar-refractivity contribution in [1.29, 1.82) is 0 Å². The van der Waals surface area contributed by atoms with E-state index in [-0.39, 0.29) is 23.3 Å². The lowest BCUT2D eigenvalue weighted by atomic mass is 9.73. The highest BCUT2D eigenvalue weighted by Crippen LogP contribution is 2.54. The molecule has 0 aromatic heterocycles. The van der Waals surface area contributed by atoms with Crippen molar-refractivity contribution in [3.05, 3.63) is 46.1 Å². The molecule has 1 N–H and O–H groups in total. The van der Waals surface area contributed by atoms with Crippen LogP contribution in [0.2, 0.25) is 5.02 Å². The highest BCUT2D eigenvalue weighted by molar-refractivity contribution is 6.31. The number of piperidine rings is 1. The minimum absolute atomic E-state index is 0.0537. The average Bonchev–Trinajstić information content (AvgIpc) is 2.88. The van der Waals surface area contributed by atoms with Crippen molar-refractivity contribution in [2.24, 2.45) is 0 Å². The molecule has 1 aromatic rings. The van der Waals surface area contributed by atoms with Crippen molar-refractivity contribution in [3.63, 3.8) is 0 Å². The largest absolute Gasteiger partial charge is 0.444 e. The zero-order chi connectivity index (χ0) is 21.6. The molecule has 1 atom stereocenters. The number of nitrogens with one attached hydrogen (secondary N) is 1. The summed E-state index contributed by atoms with van der Waals surface area (Å²) in [7, 11) is 0. The van der Waals surface area contributed by atoms with Crippen molar-refractivity contribution in [3.8, 4) is 0 Å². The number of rotatable bonds is 2. The Bertz CT molecular complexity index is 848. The summed E-state index contributed by atoms with van der Waals surface area (Å²) in [6, 6.07) is 4.21. The van der Waals surface area contributed by atoms with Gasteiger partial charge in [0.25, 0.3) is 0 Å². The predicted octanol–water partition coefficient (Wildman–Crippen LogP) is 5.05. The van der Waals surface area contributed by atoms with Crippen LogP contribution in [0.1, 0.15) is 69.6 Å². The predicted molar refractivity (Wildman–Crippen MR) is 115 cm³/mol. The van der Waals surface area contributed by atoms with Gasteiger partial charge in [-0.2, -0.15) is 0 Å². The lowest BCUT2D eigenvalue weighted by Crippen LogP contribution is -2.46. The molecule has 1 aromatic carbocycles. The number of halogens is 1. The van der Waals surface area contributed by atoms with Crippen molar-refractivity contribution in [2.75, 3.05) is 13.1 Å². The number of hydrogen-bond donors (Lipinski definition) is 1. The van der Waals surface area contributed by atoms with E-state index in [1.54, 1.807) is 4.90 Å². The van der Waals surface area contributed by atoms with Crippen molar-refractivity contribution < 1.29 is 14.3 Å². The Kier molecular flexibility index (Phi) is 5.74. The molecule has 2 aliphatic rings. The van der Waals surface area contributed by atoms with Gasteiger partial charge >= 0.3 is 6.09 Å². The van der Waals surface area contributed by atoms with Crippen LogP contribution in [0.5, 0.6) is 0 Å². The number of ether oxygens (including phenoxy) is 1. The summed E-state index contributed by atoms with van der Waals surface area (Å²) in [5.41, 5.74) is 3.60. The fourth-order valence-electron chi connectivity index (χ4n) is 4.60. The topological polar surface area (TPSA) is 58.6 Å². The van der Waals surface area contributed by atoms with Gasteiger partial charge in [-0.15, -0.1) is 0 Å². The number of fused-ring (bicyclic) bond motifs is 2. The summed E-state index contributed by atoms with van der Waals surface area (Å²) in [6.45, 7) is 14.6. The second-order valence-corrected chi connectivity index (χ2v) is 9.81. The maximum Gasteiger partial charge on any atom is 0.410 e. The van der Waals surface area contributed by atoms with Crippen LogP contribution in [-0.4, -0.2) is 35.6 Å². The highest BCUT2D eigenvalue weighted by atomic mass is 35.5. The number of hydrogen-bond acceptors (Lipinski definition) is 3. The van der Waals surface area contributed by atoms with E-state index in [0.29, 0.717) is 13.1 Å². The van der Waals surface area contributed by atoms with Gasteiger partial charge in [-0.05, 0) is 75.1 Å². The second kappa shape index (κ2) is 7.67. The van der Waals surface area contributed by atoms with Crippen molar-refractivity contribution >= 4 is 23.6 Å². The number of carbonyl (C=O) groups excluding carboxylic acids is 2. The lowest BCUT2D eigenvalue weighted by Gasteiger charge is -2.40. The minimum atomic E-state index is -0.502. The zero-order valence-electron chi connectivity index (χ0n) is 18.0. The van der Waals surface area contributed by atoms with Gasteiger partial charge in [-0.1, -0.05) is 24.2 Å². The number of allylic oxidation sites excluding steroid dienone is 1. The maximum atomic E-state index is 12.5. The smallest absolute Gasteiger partial charge is 0.410 e. The average molecular weight is 419 g/mol. The molecule has 1 aliphatic carbocycles. The third-order valence-corrected chi connectivity index (χ3v) is 6.41. The fraction of sp³-hybridized carbons (Fsp3) is 0.565. The van der Waals surface area contributed by atoms with Crippen LogP contribution in [0.3, 0.4) is 0 Å². The summed E-state index contributed by atoms with van der Waals surface area (Å²) in [5.74, 6) is -0.0547. The van der Waals surface area contributed by atoms with Crippen LogP contribution in [0, 0.1) is 6.92 Å². The van der Waals surface area contributed by atoms with E-state index in [2.05, 4.69) is 24.0 Å². The Balaban J connectivity index is 1.86. The van der Waals surface area contributed by atoms with E-state index in [1.165, 1.54) is 18.1 Å². The third-order valence-electron chi connectivity index (χ3n) is 6.00. The molecule has 1 fully saturated rings. The van der Waals surface area contributed by atoms with Crippen LogP contribution in [0.25, 0.3) is 0 Å². The lowest BCUT2D eigenvalue weighted by molar-refractivity contribution is -0.118. The normalized spacial score (nSPS) is 20.3. The molecule has 0 radical (unpaired) electrons. The van der Waals surface area contributed by atoms with E-state index in [9.17, 15) is 9.59 Å². The van der Waals surface area contributed by atoms with Crippen LogP contribution < -0.4 is 5.32 Å². The second-order valence-electron chi connectivity index (χ2n) is 9.40. The summed E-state index contributed by atoms with van der Waals surface area (Å²) in [6.07, 6.45) is 2.28. The van der Waals surface area contributed by atoms with Crippen LogP contribution in [0.4, 0.5) is 4.79 Å². The van der Waals surface area contributed by atoms with Gasteiger partial charge in [0.2, 0.25) is 5.91 Å². The number of aryl methyl sites for hydroxylation is 1. The molecule has 29 heavy (non-hydrogen) atoms. The monoisotopic (exact) mass is 418 g/mol. The quantitative estimate of drug-likeness (QED) is 0.730. The van der Waals surface area contributed by atoms with Gasteiger partial charge in [0.15, 0.2) is 0 Å². The Labute approximate surface area is 178 Å². The summed E-state index contributed by atoms with van der Waals surface area (Å²) in [5, 5.41) is 3.64. The molecule has 5 nitrogen and oxygen atoms in total. The molecule has 6 heteroatoms. The number of nitrogens with zero attached hydrogens (tertiary/aromatic N) is 1. The fourth-order valence-corrected chi connectivity index (χ4v) is 4.77. The Morgan fingerprint density at radius 2 is 1.90 bits per heavy atom. The van der Waals surface area contributed by atoms with Gasteiger partial charge in [-0.3, -0.25) is 4.79 Å². The molecule has 158 valence electrons.